The molecule has 2 aromatic rings. The number of carbonyl (C=O) groups excluding carboxylic acids is 2. The maximum Gasteiger partial charge on any atom is 0.223 e. The molecule has 1 atom stereocenters. The molecule has 3 rings (SSSR count). The van der Waals surface area contributed by atoms with Crippen molar-refractivity contribution < 1.29 is 18.4 Å². The number of hydrogen-bond donors (Lipinski definition) is 1. The Hall–Kier alpha value is -2.76. The Bertz CT molecular complexity index is 936. The van der Waals surface area contributed by atoms with Crippen LogP contribution in [0.1, 0.15) is 56.7 Å². The first-order valence-electron chi connectivity index (χ1n) is 10.7. The van der Waals surface area contributed by atoms with E-state index in [9.17, 15) is 18.4 Å². The Morgan fingerprint density at radius 2 is 1.84 bits per heavy atom. The fourth-order valence-corrected chi connectivity index (χ4v) is 3.88. The summed E-state index contributed by atoms with van der Waals surface area (Å²) < 4.78 is 27.5. The summed E-state index contributed by atoms with van der Waals surface area (Å²) in [5.74, 6) is -2.16. The highest BCUT2D eigenvalue weighted by molar-refractivity contribution is 5.82. The highest BCUT2D eigenvalue weighted by atomic mass is 19.2. The molecule has 1 unspecified atom stereocenters. The van der Waals surface area contributed by atoms with E-state index in [0.717, 1.165) is 18.1 Å². The molecule has 1 saturated heterocycles. The molecule has 1 heterocycles. The fourth-order valence-electron chi connectivity index (χ4n) is 3.88. The van der Waals surface area contributed by atoms with Crippen LogP contribution in [0, 0.1) is 11.6 Å². The number of amides is 2. The van der Waals surface area contributed by atoms with Crippen LogP contribution in [0.5, 0.6) is 0 Å². The van der Waals surface area contributed by atoms with Crippen LogP contribution >= 0.6 is 0 Å². The van der Waals surface area contributed by atoms with E-state index in [1.165, 1.54) is 22.6 Å². The van der Waals surface area contributed by atoms with Gasteiger partial charge in [0.05, 0.1) is 0 Å². The van der Waals surface area contributed by atoms with Gasteiger partial charge in [0.25, 0.3) is 0 Å². The molecular formula is C25H30F2N2O2. The number of halogens is 2. The van der Waals surface area contributed by atoms with Crippen molar-refractivity contribution in [3.63, 3.8) is 0 Å². The predicted molar refractivity (Wildman–Crippen MR) is 116 cm³/mol. The van der Waals surface area contributed by atoms with E-state index >= 15 is 0 Å². The van der Waals surface area contributed by atoms with Crippen LogP contribution in [0.3, 0.4) is 0 Å². The summed E-state index contributed by atoms with van der Waals surface area (Å²) in [6, 6.07) is 12.0. The molecule has 2 amide bonds. The molecular weight excluding hydrogens is 398 g/mol. The second-order valence-corrected chi connectivity index (χ2v) is 9.18. The maximum atomic E-state index is 14.0. The van der Waals surface area contributed by atoms with E-state index in [2.05, 4.69) is 50.4 Å². The lowest BCUT2D eigenvalue weighted by atomic mass is 9.86. The van der Waals surface area contributed by atoms with Crippen LogP contribution < -0.4 is 5.32 Å². The number of hydrogen-bond acceptors (Lipinski definition) is 2. The average molecular weight is 429 g/mol. The minimum Gasteiger partial charge on any atom is -0.356 e. The van der Waals surface area contributed by atoms with Gasteiger partial charge < -0.3 is 10.2 Å². The van der Waals surface area contributed by atoms with Gasteiger partial charge in [-0.05, 0) is 35.4 Å². The Balaban J connectivity index is 1.51. The molecule has 166 valence electrons. The molecule has 1 N–H and O–H groups in total. The van der Waals surface area contributed by atoms with Gasteiger partial charge >= 0.3 is 0 Å². The third-order valence-corrected chi connectivity index (χ3v) is 5.80. The van der Waals surface area contributed by atoms with Gasteiger partial charge in [0, 0.05) is 37.5 Å². The van der Waals surface area contributed by atoms with Crippen molar-refractivity contribution in [1.82, 2.24) is 10.2 Å². The third kappa shape index (κ3) is 5.90. The summed E-state index contributed by atoms with van der Waals surface area (Å²) in [5.41, 5.74) is 2.64. The minimum atomic E-state index is -0.942. The monoisotopic (exact) mass is 428 g/mol. The van der Waals surface area contributed by atoms with Crippen LogP contribution in [0.25, 0.3) is 0 Å². The van der Waals surface area contributed by atoms with Crippen LogP contribution in [0.2, 0.25) is 0 Å². The van der Waals surface area contributed by atoms with Gasteiger partial charge in [-0.1, -0.05) is 57.2 Å². The first-order valence-corrected chi connectivity index (χ1v) is 10.7. The summed E-state index contributed by atoms with van der Waals surface area (Å²) >= 11 is 0. The lowest BCUT2D eigenvalue weighted by Gasteiger charge is -2.25. The van der Waals surface area contributed by atoms with Crippen LogP contribution in [-0.4, -0.2) is 29.3 Å². The molecule has 0 aliphatic carbocycles. The number of rotatable bonds is 7. The molecule has 4 nitrogen and oxygen atoms in total. The van der Waals surface area contributed by atoms with E-state index in [0.29, 0.717) is 19.4 Å². The Morgan fingerprint density at radius 1 is 1.13 bits per heavy atom. The van der Waals surface area contributed by atoms with Crippen molar-refractivity contribution >= 4 is 11.8 Å². The second-order valence-electron chi connectivity index (χ2n) is 9.18. The van der Waals surface area contributed by atoms with Crippen LogP contribution in [0.4, 0.5) is 8.78 Å². The summed E-state index contributed by atoms with van der Waals surface area (Å²) in [5, 5.41) is 2.91. The van der Waals surface area contributed by atoms with Crippen molar-refractivity contribution in [2.75, 3.05) is 6.54 Å². The average Bonchev–Trinajstić information content (AvgIpc) is 3.04. The van der Waals surface area contributed by atoms with Crippen molar-refractivity contribution in [1.29, 1.82) is 0 Å². The van der Waals surface area contributed by atoms with Crippen molar-refractivity contribution in [3.05, 3.63) is 70.8 Å². The van der Waals surface area contributed by atoms with Crippen molar-refractivity contribution in [3.8, 4) is 0 Å². The van der Waals surface area contributed by atoms with Gasteiger partial charge in [-0.2, -0.15) is 0 Å². The van der Waals surface area contributed by atoms with Gasteiger partial charge in [-0.3, -0.25) is 9.59 Å². The molecule has 1 aliphatic heterocycles. The lowest BCUT2D eigenvalue weighted by molar-refractivity contribution is -0.130. The Labute approximate surface area is 182 Å². The number of nitrogens with one attached hydrogen (secondary N) is 1. The highest BCUT2D eigenvalue weighted by Crippen LogP contribution is 2.25. The van der Waals surface area contributed by atoms with E-state index in [4.69, 9.17) is 0 Å². The lowest BCUT2D eigenvalue weighted by Crippen LogP contribution is -2.37. The minimum absolute atomic E-state index is 0.0273. The number of carbonyl (C=O) groups is 2. The first kappa shape index (κ1) is 22.9. The van der Waals surface area contributed by atoms with Gasteiger partial charge in [0.1, 0.15) is 0 Å². The second kappa shape index (κ2) is 9.58. The van der Waals surface area contributed by atoms with E-state index in [1.54, 1.807) is 0 Å². The molecule has 0 radical (unpaired) electrons. The molecule has 0 aromatic heterocycles. The molecule has 6 heteroatoms. The molecule has 1 aliphatic rings. The normalized spacial score (nSPS) is 16.6. The standard InChI is InChI=1S/C25H30F2N2O2/c1-25(2,3)19-9-7-17(8-10-19)13-14-28-22(30)15-20-11-12-23(31)29(20)16-18-5-4-6-21(26)24(18)27/h4-10,20H,11-16H2,1-3H3,(H,28,30). The molecule has 0 saturated carbocycles. The number of likely N-dealkylation sites (tertiary alicyclic amines) is 1. The molecule has 2 aromatic carbocycles. The summed E-state index contributed by atoms with van der Waals surface area (Å²) in [7, 11) is 0. The van der Waals surface area contributed by atoms with Gasteiger partial charge in [-0.25, -0.2) is 8.78 Å². The van der Waals surface area contributed by atoms with Gasteiger partial charge in [-0.15, -0.1) is 0 Å². The van der Waals surface area contributed by atoms with Gasteiger partial charge in [0.2, 0.25) is 11.8 Å². The van der Waals surface area contributed by atoms with Crippen LogP contribution in [0.15, 0.2) is 42.5 Å². The van der Waals surface area contributed by atoms with E-state index in [1.807, 2.05) is 0 Å². The van der Waals surface area contributed by atoms with E-state index in [-0.39, 0.29) is 41.8 Å². The zero-order chi connectivity index (χ0) is 22.6. The Morgan fingerprint density at radius 3 is 2.52 bits per heavy atom. The summed E-state index contributed by atoms with van der Waals surface area (Å²) in [4.78, 5) is 26.1. The third-order valence-electron chi connectivity index (χ3n) is 5.80. The number of benzene rings is 2. The number of nitrogens with zero attached hydrogens (tertiary/aromatic N) is 1. The predicted octanol–water partition coefficient (Wildman–Crippen LogP) is 4.50. The molecule has 1 fully saturated rings. The quantitative estimate of drug-likeness (QED) is 0.706. The topological polar surface area (TPSA) is 49.4 Å². The van der Waals surface area contributed by atoms with Crippen molar-refractivity contribution in [2.24, 2.45) is 0 Å². The molecule has 0 spiro atoms. The SMILES string of the molecule is CC(C)(C)c1ccc(CCNC(=O)CC2CCC(=O)N2Cc2cccc(F)c2F)cc1. The largest absolute Gasteiger partial charge is 0.356 e. The highest BCUT2D eigenvalue weighted by Gasteiger charge is 2.33. The maximum absolute atomic E-state index is 14.0. The molecule has 31 heavy (non-hydrogen) atoms. The zero-order valence-corrected chi connectivity index (χ0v) is 18.4. The van der Waals surface area contributed by atoms with E-state index < -0.39 is 11.6 Å². The summed E-state index contributed by atoms with van der Waals surface area (Å²) in [6.45, 7) is 6.99. The molecule has 0 bridgehead atoms. The summed E-state index contributed by atoms with van der Waals surface area (Å²) in [6.07, 6.45) is 1.73. The zero-order valence-electron chi connectivity index (χ0n) is 18.4. The first-order chi connectivity index (χ1) is 14.6. The van der Waals surface area contributed by atoms with Crippen molar-refractivity contribution in [2.45, 2.75) is 64.5 Å². The van der Waals surface area contributed by atoms with Crippen LogP contribution in [-0.2, 0) is 28.0 Å². The fraction of sp³-hybridized carbons (Fsp3) is 0.440. The van der Waals surface area contributed by atoms with Gasteiger partial charge in [0.15, 0.2) is 11.6 Å². The smallest absolute Gasteiger partial charge is 0.223 e. The Kier molecular flexibility index (Phi) is 7.08.